The molecule has 2 rings (SSSR count). The van der Waals surface area contributed by atoms with Crippen molar-refractivity contribution >= 4 is 23.1 Å². The third-order valence-electron chi connectivity index (χ3n) is 3.85. The Balaban J connectivity index is 2.26. The fraction of sp³-hybridized carbons (Fsp3) is 0.467. The standard InChI is InChI=1S/C15H20N2OS/c1-10-6-7-12(9-11(10)2)15(18)17-8-4-3-5-13(17)14(16)19/h6-7,9,13H,3-5,8H2,1-2H3,(H2,16,19). The van der Waals surface area contributed by atoms with E-state index in [9.17, 15) is 4.79 Å². The van der Waals surface area contributed by atoms with Crippen LogP contribution < -0.4 is 5.73 Å². The molecule has 0 radical (unpaired) electrons. The van der Waals surface area contributed by atoms with E-state index < -0.39 is 0 Å². The molecule has 1 fully saturated rings. The zero-order valence-electron chi connectivity index (χ0n) is 11.5. The van der Waals surface area contributed by atoms with Crippen LogP contribution in [0.5, 0.6) is 0 Å². The second-order valence-corrected chi connectivity index (χ2v) is 5.68. The van der Waals surface area contributed by atoms with Crippen LogP contribution in [0.4, 0.5) is 0 Å². The highest BCUT2D eigenvalue weighted by molar-refractivity contribution is 7.80. The molecule has 0 saturated carbocycles. The van der Waals surface area contributed by atoms with Crippen molar-refractivity contribution in [3.05, 3.63) is 34.9 Å². The van der Waals surface area contributed by atoms with Gasteiger partial charge < -0.3 is 10.6 Å². The van der Waals surface area contributed by atoms with Crippen LogP contribution in [-0.4, -0.2) is 28.4 Å². The topological polar surface area (TPSA) is 46.3 Å². The van der Waals surface area contributed by atoms with Crippen molar-refractivity contribution in [2.24, 2.45) is 5.73 Å². The first-order chi connectivity index (χ1) is 9.00. The summed E-state index contributed by atoms with van der Waals surface area (Å²) >= 11 is 5.09. The van der Waals surface area contributed by atoms with Gasteiger partial charge in [-0.3, -0.25) is 4.79 Å². The van der Waals surface area contributed by atoms with Gasteiger partial charge in [0.2, 0.25) is 0 Å². The van der Waals surface area contributed by atoms with E-state index >= 15 is 0 Å². The van der Waals surface area contributed by atoms with Gasteiger partial charge in [0.1, 0.15) is 0 Å². The van der Waals surface area contributed by atoms with Crippen molar-refractivity contribution in [2.45, 2.75) is 39.2 Å². The normalized spacial score (nSPS) is 19.3. The Morgan fingerprint density at radius 1 is 1.32 bits per heavy atom. The first-order valence-electron chi connectivity index (χ1n) is 6.68. The maximum Gasteiger partial charge on any atom is 0.254 e. The highest BCUT2D eigenvalue weighted by Gasteiger charge is 2.29. The van der Waals surface area contributed by atoms with E-state index in [1.54, 1.807) is 0 Å². The molecular formula is C15H20N2OS. The lowest BCUT2D eigenvalue weighted by atomic mass is 9.99. The summed E-state index contributed by atoms with van der Waals surface area (Å²) in [6, 6.07) is 5.74. The minimum Gasteiger partial charge on any atom is -0.392 e. The molecule has 0 aromatic heterocycles. The van der Waals surface area contributed by atoms with Gasteiger partial charge in [0.05, 0.1) is 11.0 Å². The Kier molecular flexibility index (Phi) is 4.20. The number of amides is 1. The van der Waals surface area contributed by atoms with Crippen LogP contribution in [0.3, 0.4) is 0 Å². The van der Waals surface area contributed by atoms with Gasteiger partial charge in [-0.2, -0.15) is 0 Å². The van der Waals surface area contributed by atoms with Gasteiger partial charge >= 0.3 is 0 Å². The monoisotopic (exact) mass is 276 g/mol. The first kappa shape index (κ1) is 14.0. The number of hydrogen-bond donors (Lipinski definition) is 1. The molecule has 1 aliphatic heterocycles. The molecule has 1 unspecified atom stereocenters. The van der Waals surface area contributed by atoms with E-state index in [0.717, 1.165) is 36.9 Å². The van der Waals surface area contributed by atoms with Crippen molar-refractivity contribution in [3.63, 3.8) is 0 Å². The summed E-state index contributed by atoms with van der Waals surface area (Å²) in [5.41, 5.74) is 8.82. The molecule has 0 spiro atoms. The summed E-state index contributed by atoms with van der Waals surface area (Å²) in [6.45, 7) is 4.81. The summed E-state index contributed by atoms with van der Waals surface area (Å²) < 4.78 is 0. The highest BCUT2D eigenvalue weighted by atomic mass is 32.1. The number of thiocarbonyl (C=S) groups is 1. The van der Waals surface area contributed by atoms with Gasteiger partial charge in [-0.1, -0.05) is 18.3 Å². The molecule has 1 heterocycles. The van der Waals surface area contributed by atoms with Gasteiger partial charge in [-0.05, 0) is 56.4 Å². The molecule has 102 valence electrons. The van der Waals surface area contributed by atoms with Crippen LogP contribution in [0.15, 0.2) is 18.2 Å². The van der Waals surface area contributed by atoms with Crippen molar-refractivity contribution in [2.75, 3.05) is 6.54 Å². The molecule has 19 heavy (non-hydrogen) atoms. The second-order valence-electron chi connectivity index (χ2n) is 5.21. The van der Waals surface area contributed by atoms with Crippen molar-refractivity contribution < 1.29 is 4.79 Å². The Morgan fingerprint density at radius 3 is 2.68 bits per heavy atom. The smallest absolute Gasteiger partial charge is 0.254 e. The van der Waals surface area contributed by atoms with Gasteiger partial charge in [0.15, 0.2) is 0 Å². The minimum absolute atomic E-state index is 0.0422. The zero-order valence-corrected chi connectivity index (χ0v) is 12.3. The highest BCUT2D eigenvalue weighted by Crippen LogP contribution is 2.21. The molecule has 1 aromatic carbocycles. The average molecular weight is 276 g/mol. The molecule has 1 aromatic rings. The lowest BCUT2D eigenvalue weighted by molar-refractivity contribution is 0.0681. The van der Waals surface area contributed by atoms with Crippen LogP contribution in [0.25, 0.3) is 0 Å². The number of aryl methyl sites for hydroxylation is 2. The molecule has 1 saturated heterocycles. The summed E-state index contributed by atoms with van der Waals surface area (Å²) in [7, 11) is 0. The van der Waals surface area contributed by atoms with E-state index in [0.29, 0.717) is 4.99 Å². The third-order valence-corrected chi connectivity index (χ3v) is 4.12. The molecule has 1 atom stereocenters. The summed E-state index contributed by atoms with van der Waals surface area (Å²) in [5, 5.41) is 0. The van der Waals surface area contributed by atoms with Crippen molar-refractivity contribution in [1.82, 2.24) is 4.90 Å². The number of nitrogens with zero attached hydrogens (tertiary/aromatic N) is 1. The Hall–Kier alpha value is -1.42. The number of rotatable bonds is 2. The van der Waals surface area contributed by atoms with E-state index in [1.165, 1.54) is 5.56 Å². The van der Waals surface area contributed by atoms with Gasteiger partial charge in [-0.15, -0.1) is 0 Å². The summed E-state index contributed by atoms with van der Waals surface area (Å²) in [5.74, 6) is 0.0422. The maximum absolute atomic E-state index is 12.6. The van der Waals surface area contributed by atoms with E-state index in [-0.39, 0.29) is 11.9 Å². The molecule has 2 N–H and O–H groups in total. The van der Waals surface area contributed by atoms with E-state index in [1.807, 2.05) is 36.9 Å². The number of benzene rings is 1. The predicted octanol–water partition coefficient (Wildman–Crippen LogP) is 2.58. The molecular weight excluding hydrogens is 256 g/mol. The average Bonchev–Trinajstić information content (AvgIpc) is 2.41. The van der Waals surface area contributed by atoms with Gasteiger partial charge in [0, 0.05) is 12.1 Å². The number of carbonyl (C=O) groups excluding carboxylic acids is 1. The fourth-order valence-electron chi connectivity index (χ4n) is 2.51. The minimum atomic E-state index is -0.0853. The van der Waals surface area contributed by atoms with Gasteiger partial charge in [0.25, 0.3) is 5.91 Å². The number of likely N-dealkylation sites (tertiary alicyclic amines) is 1. The Labute approximate surface area is 119 Å². The Bertz CT molecular complexity index is 513. The van der Waals surface area contributed by atoms with Crippen LogP contribution >= 0.6 is 12.2 Å². The third kappa shape index (κ3) is 2.95. The maximum atomic E-state index is 12.6. The first-order valence-corrected chi connectivity index (χ1v) is 7.09. The quantitative estimate of drug-likeness (QED) is 0.845. The van der Waals surface area contributed by atoms with Crippen molar-refractivity contribution in [3.8, 4) is 0 Å². The zero-order chi connectivity index (χ0) is 14.0. The second kappa shape index (κ2) is 5.70. The lowest BCUT2D eigenvalue weighted by Gasteiger charge is -2.35. The lowest BCUT2D eigenvalue weighted by Crippen LogP contribution is -2.49. The fourth-order valence-corrected chi connectivity index (χ4v) is 2.76. The van der Waals surface area contributed by atoms with Crippen LogP contribution in [0.2, 0.25) is 0 Å². The number of hydrogen-bond acceptors (Lipinski definition) is 2. The molecule has 1 aliphatic rings. The largest absolute Gasteiger partial charge is 0.392 e. The summed E-state index contributed by atoms with van der Waals surface area (Å²) in [4.78, 5) is 14.8. The molecule has 0 aliphatic carbocycles. The molecule has 4 heteroatoms. The van der Waals surface area contributed by atoms with Crippen LogP contribution in [0.1, 0.15) is 40.7 Å². The van der Waals surface area contributed by atoms with E-state index in [4.69, 9.17) is 18.0 Å². The van der Waals surface area contributed by atoms with E-state index in [2.05, 4.69) is 0 Å². The van der Waals surface area contributed by atoms with Crippen molar-refractivity contribution in [1.29, 1.82) is 0 Å². The molecule has 3 nitrogen and oxygen atoms in total. The van der Waals surface area contributed by atoms with Gasteiger partial charge in [-0.25, -0.2) is 0 Å². The number of nitrogens with two attached hydrogens (primary N) is 1. The number of carbonyl (C=O) groups is 1. The Morgan fingerprint density at radius 2 is 2.05 bits per heavy atom. The van der Waals surface area contributed by atoms with Crippen LogP contribution in [0, 0.1) is 13.8 Å². The summed E-state index contributed by atoms with van der Waals surface area (Å²) in [6.07, 6.45) is 2.99. The number of piperidine rings is 1. The SMILES string of the molecule is Cc1ccc(C(=O)N2CCCCC2C(N)=S)cc1C. The molecule has 0 bridgehead atoms. The predicted molar refractivity (Wildman–Crippen MR) is 81.4 cm³/mol. The molecule has 1 amide bonds. The van der Waals surface area contributed by atoms with Crippen LogP contribution in [-0.2, 0) is 0 Å².